The SMILES string of the molecule is CN1CCC(Oc2nccc(Oc3cccc4ccn(C)c34)n2)CC1. The van der Waals surface area contributed by atoms with Gasteiger partial charge in [0.15, 0.2) is 5.75 Å². The number of nitrogens with zero attached hydrogens (tertiary/aromatic N) is 4. The van der Waals surface area contributed by atoms with E-state index in [1.54, 1.807) is 12.3 Å². The van der Waals surface area contributed by atoms with Crippen LogP contribution in [0.5, 0.6) is 17.6 Å². The van der Waals surface area contributed by atoms with E-state index in [0.717, 1.165) is 42.6 Å². The molecule has 0 radical (unpaired) electrons. The van der Waals surface area contributed by atoms with Crippen molar-refractivity contribution in [2.45, 2.75) is 18.9 Å². The van der Waals surface area contributed by atoms with Crippen molar-refractivity contribution in [1.82, 2.24) is 19.4 Å². The molecule has 1 aliphatic rings. The molecule has 3 aromatic rings. The smallest absolute Gasteiger partial charge is 0.319 e. The number of likely N-dealkylation sites (tertiary alicyclic amines) is 1. The van der Waals surface area contributed by atoms with Gasteiger partial charge < -0.3 is 18.9 Å². The van der Waals surface area contributed by atoms with E-state index in [0.29, 0.717) is 11.9 Å². The molecule has 130 valence electrons. The van der Waals surface area contributed by atoms with Crippen LogP contribution in [0.4, 0.5) is 0 Å². The van der Waals surface area contributed by atoms with Gasteiger partial charge in [0.05, 0.1) is 5.52 Å². The molecular formula is C19H22N4O2. The molecule has 0 saturated carbocycles. The molecule has 0 spiro atoms. The highest BCUT2D eigenvalue weighted by Gasteiger charge is 2.19. The number of ether oxygens (including phenoxy) is 2. The molecule has 1 saturated heterocycles. The number of fused-ring (bicyclic) bond motifs is 1. The molecule has 4 rings (SSSR count). The van der Waals surface area contributed by atoms with Crippen molar-refractivity contribution >= 4 is 10.9 Å². The fraction of sp³-hybridized carbons (Fsp3) is 0.368. The fourth-order valence-corrected chi connectivity index (χ4v) is 3.20. The second-order valence-corrected chi connectivity index (χ2v) is 6.52. The number of aromatic nitrogens is 3. The van der Waals surface area contributed by atoms with E-state index in [4.69, 9.17) is 9.47 Å². The standard InChI is InChI=1S/C19H22N4O2/c1-22-11-8-15(9-12-22)24-19-20-10-6-17(21-19)25-16-5-3-4-14-7-13-23(2)18(14)16/h3-7,10,13,15H,8-9,11-12H2,1-2H3. The summed E-state index contributed by atoms with van der Waals surface area (Å²) in [7, 11) is 4.13. The summed E-state index contributed by atoms with van der Waals surface area (Å²) >= 11 is 0. The van der Waals surface area contributed by atoms with Gasteiger partial charge in [0.25, 0.3) is 0 Å². The zero-order valence-corrected chi connectivity index (χ0v) is 14.6. The van der Waals surface area contributed by atoms with Crippen LogP contribution in [0, 0.1) is 0 Å². The van der Waals surface area contributed by atoms with Crippen molar-refractivity contribution < 1.29 is 9.47 Å². The second-order valence-electron chi connectivity index (χ2n) is 6.52. The number of hydrogen-bond donors (Lipinski definition) is 0. The second kappa shape index (κ2) is 6.72. The Hall–Kier alpha value is -2.60. The molecule has 0 aliphatic carbocycles. The Bertz CT molecular complexity index is 869. The Morgan fingerprint density at radius 2 is 1.92 bits per heavy atom. The van der Waals surface area contributed by atoms with Crippen LogP contribution in [0.25, 0.3) is 10.9 Å². The number of benzene rings is 1. The third kappa shape index (κ3) is 3.44. The van der Waals surface area contributed by atoms with Crippen molar-refractivity contribution in [2.24, 2.45) is 7.05 Å². The van der Waals surface area contributed by atoms with Gasteiger partial charge in [0, 0.05) is 44.0 Å². The quantitative estimate of drug-likeness (QED) is 0.731. The Kier molecular flexibility index (Phi) is 4.28. The highest BCUT2D eigenvalue weighted by molar-refractivity contribution is 5.86. The van der Waals surface area contributed by atoms with Crippen LogP contribution in [0.1, 0.15) is 12.8 Å². The summed E-state index contributed by atoms with van der Waals surface area (Å²) in [5.41, 5.74) is 1.04. The molecular weight excluding hydrogens is 316 g/mol. The first-order valence-electron chi connectivity index (χ1n) is 8.59. The van der Waals surface area contributed by atoms with E-state index in [-0.39, 0.29) is 6.10 Å². The molecule has 3 heterocycles. The minimum atomic E-state index is 0.169. The average molecular weight is 338 g/mol. The summed E-state index contributed by atoms with van der Waals surface area (Å²) in [5.74, 6) is 1.26. The number of hydrogen-bond acceptors (Lipinski definition) is 5. The van der Waals surface area contributed by atoms with Gasteiger partial charge in [-0.05, 0) is 32.0 Å². The van der Waals surface area contributed by atoms with Gasteiger partial charge in [-0.15, -0.1) is 0 Å². The van der Waals surface area contributed by atoms with Crippen LogP contribution in [-0.2, 0) is 7.05 Å². The Morgan fingerprint density at radius 3 is 2.76 bits per heavy atom. The first-order valence-corrected chi connectivity index (χ1v) is 8.59. The molecule has 2 aromatic heterocycles. The molecule has 1 fully saturated rings. The Labute approximate surface area is 147 Å². The molecule has 0 atom stereocenters. The Morgan fingerprint density at radius 1 is 1.08 bits per heavy atom. The zero-order valence-electron chi connectivity index (χ0n) is 14.6. The van der Waals surface area contributed by atoms with Gasteiger partial charge >= 0.3 is 6.01 Å². The molecule has 0 N–H and O–H groups in total. The zero-order chi connectivity index (χ0) is 17.2. The van der Waals surface area contributed by atoms with E-state index in [2.05, 4.69) is 34.0 Å². The van der Waals surface area contributed by atoms with Gasteiger partial charge in [-0.2, -0.15) is 4.98 Å². The average Bonchev–Trinajstić information content (AvgIpc) is 3.00. The largest absolute Gasteiger partial charge is 0.460 e. The molecule has 0 unspecified atom stereocenters. The normalized spacial score (nSPS) is 16.2. The minimum absolute atomic E-state index is 0.169. The number of para-hydroxylation sites is 1. The minimum Gasteiger partial charge on any atom is -0.460 e. The number of piperidine rings is 1. The van der Waals surface area contributed by atoms with Gasteiger partial charge in [-0.25, -0.2) is 4.98 Å². The van der Waals surface area contributed by atoms with Crippen LogP contribution in [-0.4, -0.2) is 45.7 Å². The summed E-state index contributed by atoms with van der Waals surface area (Å²) in [5, 5.41) is 1.14. The molecule has 0 bridgehead atoms. The maximum Gasteiger partial charge on any atom is 0.319 e. The highest BCUT2D eigenvalue weighted by atomic mass is 16.5. The molecule has 1 aliphatic heterocycles. The van der Waals surface area contributed by atoms with E-state index >= 15 is 0 Å². The topological polar surface area (TPSA) is 52.4 Å². The third-order valence-electron chi connectivity index (χ3n) is 4.62. The maximum atomic E-state index is 6.02. The molecule has 0 amide bonds. The molecule has 6 heteroatoms. The lowest BCUT2D eigenvalue weighted by molar-refractivity contribution is 0.104. The third-order valence-corrected chi connectivity index (χ3v) is 4.62. The van der Waals surface area contributed by atoms with Gasteiger partial charge in [0.1, 0.15) is 6.10 Å². The van der Waals surface area contributed by atoms with Crippen molar-refractivity contribution in [3.63, 3.8) is 0 Å². The summed E-state index contributed by atoms with van der Waals surface area (Å²) in [4.78, 5) is 11.0. The molecule has 1 aromatic carbocycles. The lowest BCUT2D eigenvalue weighted by Gasteiger charge is -2.28. The van der Waals surface area contributed by atoms with Crippen LogP contribution in [0.2, 0.25) is 0 Å². The molecule has 25 heavy (non-hydrogen) atoms. The molecule has 6 nitrogen and oxygen atoms in total. The highest BCUT2D eigenvalue weighted by Crippen LogP contribution is 2.30. The summed E-state index contributed by atoms with van der Waals surface area (Å²) in [6.45, 7) is 2.08. The van der Waals surface area contributed by atoms with Gasteiger partial charge in [-0.3, -0.25) is 0 Å². The van der Waals surface area contributed by atoms with Crippen molar-refractivity contribution in [2.75, 3.05) is 20.1 Å². The first-order chi connectivity index (χ1) is 12.2. The summed E-state index contributed by atoms with van der Waals surface area (Å²) < 4.78 is 14.0. The fourth-order valence-electron chi connectivity index (χ4n) is 3.20. The van der Waals surface area contributed by atoms with Crippen molar-refractivity contribution in [3.05, 3.63) is 42.7 Å². The van der Waals surface area contributed by atoms with Crippen LogP contribution < -0.4 is 9.47 Å². The van der Waals surface area contributed by atoms with Gasteiger partial charge in [0.2, 0.25) is 5.88 Å². The van der Waals surface area contributed by atoms with Gasteiger partial charge in [-0.1, -0.05) is 12.1 Å². The Balaban J connectivity index is 1.52. The van der Waals surface area contributed by atoms with Crippen molar-refractivity contribution in [1.29, 1.82) is 0 Å². The predicted octanol–water partition coefficient (Wildman–Crippen LogP) is 3.23. The number of rotatable bonds is 4. The van der Waals surface area contributed by atoms with E-state index < -0.39 is 0 Å². The lowest BCUT2D eigenvalue weighted by atomic mass is 10.1. The summed E-state index contributed by atoms with van der Waals surface area (Å²) in [6.07, 6.45) is 5.85. The van der Waals surface area contributed by atoms with Crippen LogP contribution in [0.15, 0.2) is 42.7 Å². The van der Waals surface area contributed by atoms with Crippen LogP contribution in [0.3, 0.4) is 0 Å². The first kappa shape index (κ1) is 15.9. The van der Waals surface area contributed by atoms with Crippen molar-refractivity contribution in [3.8, 4) is 17.6 Å². The van der Waals surface area contributed by atoms with Crippen LogP contribution >= 0.6 is 0 Å². The predicted molar refractivity (Wildman–Crippen MR) is 96.2 cm³/mol. The van der Waals surface area contributed by atoms with E-state index in [1.807, 2.05) is 29.9 Å². The number of aryl methyl sites for hydroxylation is 1. The van der Waals surface area contributed by atoms with E-state index in [1.165, 1.54) is 0 Å². The van der Waals surface area contributed by atoms with E-state index in [9.17, 15) is 0 Å². The lowest BCUT2D eigenvalue weighted by Crippen LogP contribution is -2.35. The summed E-state index contributed by atoms with van der Waals surface area (Å²) in [6, 6.07) is 10.2. The maximum absolute atomic E-state index is 6.02. The monoisotopic (exact) mass is 338 g/mol.